The number of methoxy groups -OCH3 is 4. The molecule has 0 atom stereocenters. The van der Waals surface area contributed by atoms with Crippen molar-refractivity contribution in [2.45, 2.75) is 6.42 Å². The summed E-state index contributed by atoms with van der Waals surface area (Å²) in [6.07, 6.45) is -0.536. The van der Waals surface area contributed by atoms with Crippen LogP contribution in [-0.4, -0.2) is 45.5 Å². The molecule has 9 nitrogen and oxygen atoms in total. The Bertz CT molecular complexity index is 668. The first kappa shape index (κ1) is 18.9. The lowest BCUT2D eigenvalue weighted by atomic mass is 10.3. The molecule has 0 heterocycles. The summed E-state index contributed by atoms with van der Waals surface area (Å²) in [5.74, 6) is -1.39. The van der Waals surface area contributed by atoms with E-state index in [9.17, 15) is 14.7 Å². The van der Waals surface area contributed by atoms with Gasteiger partial charge in [-0.1, -0.05) is 0 Å². The largest absolute Gasteiger partial charge is 0.509 e. The highest BCUT2D eigenvalue weighted by molar-refractivity contribution is 5.89. The van der Waals surface area contributed by atoms with E-state index in [1.807, 2.05) is 0 Å². The molecule has 0 aliphatic rings. The molecular weight excluding hydrogens is 320 g/mol. The maximum absolute atomic E-state index is 11.7. The number of hydrogen-bond donors (Lipinski definition) is 1. The van der Waals surface area contributed by atoms with Gasteiger partial charge in [0.05, 0.1) is 34.1 Å². The molecule has 0 unspecified atom stereocenters. The summed E-state index contributed by atoms with van der Waals surface area (Å²) in [7, 11) is 5.21. The zero-order chi connectivity index (χ0) is 18.1. The van der Waals surface area contributed by atoms with E-state index in [-0.39, 0.29) is 0 Å². The van der Waals surface area contributed by atoms with Gasteiger partial charge >= 0.3 is 11.9 Å². The maximum Gasteiger partial charge on any atom is 0.362 e. The monoisotopic (exact) mass is 338 g/mol. The van der Waals surface area contributed by atoms with E-state index in [1.54, 1.807) is 12.1 Å². The molecular formula is C15H18N2O7. The number of aliphatic hydroxyl groups is 1. The van der Waals surface area contributed by atoms with Crippen LogP contribution in [0, 0.1) is 0 Å². The molecule has 0 aliphatic carbocycles. The predicted octanol–water partition coefficient (Wildman–Crippen LogP) is 2.29. The van der Waals surface area contributed by atoms with Gasteiger partial charge in [-0.3, -0.25) is 4.79 Å². The third-order valence-electron chi connectivity index (χ3n) is 2.82. The molecule has 0 bridgehead atoms. The minimum atomic E-state index is -0.944. The highest BCUT2D eigenvalue weighted by atomic mass is 16.5. The van der Waals surface area contributed by atoms with Crippen molar-refractivity contribution < 1.29 is 33.6 Å². The molecule has 0 saturated heterocycles. The fourth-order valence-corrected chi connectivity index (χ4v) is 1.60. The van der Waals surface area contributed by atoms with Gasteiger partial charge in [-0.15, -0.1) is 5.11 Å². The predicted molar refractivity (Wildman–Crippen MR) is 82.4 cm³/mol. The van der Waals surface area contributed by atoms with E-state index in [1.165, 1.54) is 20.3 Å². The highest BCUT2D eigenvalue weighted by Gasteiger charge is 2.19. The minimum Gasteiger partial charge on any atom is -0.509 e. The Hall–Kier alpha value is -3.10. The second-order valence-electron chi connectivity index (χ2n) is 4.28. The zero-order valence-corrected chi connectivity index (χ0v) is 13.7. The van der Waals surface area contributed by atoms with Gasteiger partial charge in [-0.25, -0.2) is 4.79 Å². The third-order valence-corrected chi connectivity index (χ3v) is 2.82. The van der Waals surface area contributed by atoms with Gasteiger partial charge in [0.25, 0.3) is 0 Å². The van der Waals surface area contributed by atoms with Crippen LogP contribution in [-0.2, 0) is 19.1 Å². The number of ether oxygens (including phenoxy) is 4. The van der Waals surface area contributed by atoms with Gasteiger partial charge in [0, 0.05) is 6.07 Å². The minimum absolute atomic E-state index is 0.333. The van der Waals surface area contributed by atoms with Crippen molar-refractivity contribution in [1.29, 1.82) is 0 Å². The van der Waals surface area contributed by atoms with Gasteiger partial charge < -0.3 is 24.1 Å². The van der Waals surface area contributed by atoms with Crippen LogP contribution in [0.15, 0.2) is 39.9 Å². The number of azo groups is 1. The Labute approximate surface area is 138 Å². The van der Waals surface area contributed by atoms with Gasteiger partial charge in [0.1, 0.15) is 12.2 Å². The molecule has 9 heteroatoms. The molecule has 1 aromatic carbocycles. The first-order valence-corrected chi connectivity index (χ1v) is 6.67. The van der Waals surface area contributed by atoms with Crippen LogP contribution in [0.1, 0.15) is 6.42 Å². The van der Waals surface area contributed by atoms with Gasteiger partial charge in [-0.2, -0.15) is 5.11 Å². The van der Waals surface area contributed by atoms with Crippen LogP contribution >= 0.6 is 0 Å². The van der Waals surface area contributed by atoms with Crippen LogP contribution in [0.2, 0.25) is 0 Å². The van der Waals surface area contributed by atoms with Crippen molar-refractivity contribution >= 4 is 17.6 Å². The van der Waals surface area contributed by atoms with Gasteiger partial charge in [0.2, 0.25) is 5.70 Å². The number of rotatable bonds is 7. The number of nitrogens with zero attached hydrogens (tertiary/aromatic N) is 2. The number of carbonyl (C=O) groups is 2. The van der Waals surface area contributed by atoms with E-state index in [0.29, 0.717) is 17.2 Å². The molecule has 1 N–H and O–H groups in total. The Morgan fingerprint density at radius 3 is 2.25 bits per heavy atom. The molecule has 0 amide bonds. The quantitative estimate of drug-likeness (QED) is 0.351. The Morgan fingerprint density at radius 1 is 1.04 bits per heavy atom. The van der Waals surface area contributed by atoms with Gasteiger partial charge in [-0.05, 0) is 12.1 Å². The van der Waals surface area contributed by atoms with Crippen molar-refractivity contribution in [2.24, 2.45) is 10.2 Å². The summed E-state index contributed by atoms with van der Waals surface area (Å²) >= 11 is 0. The Kier molecular flexibility index (Phi) is 7.21. The van der Waals surface area contributed by atoms with Crippen molar-refractivity contribution in [3.63, 3.8) is 0 Å². The van der Waals surface area contributed by atoms with E-state index in [4.69, 9.17) is 9.47 Å². The molecule has 0 radical (unpaired) electrons. The molecule has 24 heavy (non-hydrogen) atoms. The lowest BCUT2D eigenvalue weighted by molar-refractivity contribution is -0.140. The van der Waals surface area contributed by atoms with Crippen molar-refractivity contribution in [3.8, 4) is 11.5 Å². The molecule has 0 aliphatic heterocycles. The summed E-state index contributed by atoms with van der Waals surface area (Å²) in [5, 5.41) is 17.3. The standard InChI is InChI=1S/C15H18N2O7/c1-21-11-6-5-9(7-12(11)22-2)16-17-14(15(20)24-4)10(18)8-13(19)23-3/h5-7,18H,8H2,1-4H3/b14-10+,17-16?. The summed E-state index contributed by atoms with van der Waals surface area (Å²) in [6.45, 7) is 0. The fraction of sp³-hybridized carbons (Fsp3) is 0.333. The van der Waals surface area contributed by atoms with Crippen molar-refractivity contribution in [1.82, 2.24) is 0 Å². The maximum atomic E-state index is 11.7. The number of hydrogen-bond acceptors (Lipinski definition) is 9. The van der Waals surface area contributed by atoms with Crippen molar-refractivity contribution in [2.75, 3.05) is 28.4 Å². The second kappa shape index (κ2) is 9.13. The van der Waals surface area contributed by atoms with Crippen LogP contribution in [0.3, 0.4) is 0 Å². The summed E-state index contributed by atoms with van der Waals surface area (Å²) in [5.41, 5.74) is -0.169. The number of aliphatic hydroxyl groups excluding tert-OH is 1. The number of carbonyl (C=O) groups excluding carboxylic acids is 2. The van der Waals surface area contributed by atoms with Crippen molar-refractivity contribution in [3.05, 3.63) is 29.7 Å². The topological polar surface area (TPSA) is 116 Å². The molecule has 0 aromatic heterocycles. The molecule has 1 aromatic rings. The van der Waals surface area contributed by atoms with Crippen LogP contribution < -0.4 is 9.47 Å². The molecule has 0 saturated carbocycles. The fourth-order valence-electron chi connectivity index (χ4n) is 1.60. The van der Waals surface area contributed by atoms with E-state index in [2.05, 4.69) is 19.7 Å². The highest BCUT2D eigenvalue weighted by Crippen LogP contribution is 2.31. The zero-order valence-electron chi connectivity index (χ0n) is 13.7. The normalized spacial score (nSPS) is 11.7. The van der Waals surface area contributed by atoms with E-state index in [0.717, 1.165) is 14.2 Å². The smallest absolute Gasteiger partial charge is 0.362 e. The SMILES string of the molecule is COC(=O)C/C(O)=C(\N=Nc1ccc(OC)c(OC)c1)C(=O)OC. The first-order chi connectivity index (χ1) is 11.5. The van der Waals surface area contributed by atoms with E-state index < -0.39 is 29.8 Å². The van der Waals surface area contributed by atoms with Crippen LogP contribution in [0.4, 0.5) is 5.69 Å². The van der Waals surface area contributed by atoms with Crippen LogP contribution in [0.25, 0.3) is 0 Å². The summed E-state index contributed by atoms with van der Waals surface area (Å²) in [4.78, 5) is 22.9. The Morgan fingerprint density at radius 2 is 1.71 bits per heavy atom. The first-order valence-electron chi connectivity index (χ1n) is 6.67. The second-order valence-corrected chi connectivity index (χ2v) is 4.28. The lowest BCUT2D eigenvalue weighted by Gasteiger charge is -2.07. The third kappa shape index (κ3) is 4.97. The average Bonchev–Trinajstić information content (AvgIpc) is 2.60. The van der Waals surface area contributed by atoms with Crippen LogP contribution in [0.5, 0.6) is 11.5 Å². The molecule has 1 rings (SSSR count). The number of benzene rings is 1. The number of esters is 2. The summed E-state index contributed by atoms with van der Waals surface area (Å²) < 4.78 is 19.1. The lowest BCUT2D eigenvalue weighted by Crippen LogP contribution is -2.09. The molecule has 0 fully saturated rings. The molecule has 130 valence electrons. The summed E-state index contributed by atoms with van der Waals surface area (Å²) in [6, 6.07) is 4.69. The van der Waals surface area contributed by atoms with E-state index >= 15 is 0 Å². The average molecular weight is 338 g/mol. The Balaban J connectivity index is 3.14. The molecule has 0 spiro atoms. The van der Waals surface area contributed by atoms with Gasteiger partial charge in [0.15, 0.2) is 11.5 Å².